The Labute approximate surface area is 175 Å². The van der Waals surface area contributed by atoms with E-state index in [0.29, 0.717) is 11.5 Å². The summed E-state index contributed by atoms with van der Waals surface area (Å²) in [6, 6.07) is 0. The number of carbonyl (C=O) groups excluding carboxylic acids is 2. The molecular weight excluding hydrogens is 388 g/mol. The Balaban J connectivity index is 1.39. The van der Waals surface area contributed by atoms with Crippen molar-refractivity contribution in [1.82, 2.24) is 10.9 Å². The molecule has 0 aromatic carbocycles. The number of rotatable bonds is 3. The zero-order chi connectivity index (χ0) is 20.9. The van der Waals surface area contributed by atoms with Crippen LogP contribution in [-0.4, -0.2) is 22.9 Å². The normalized spacial score (nSPS) is 30.7. The molecule has 2 bridgehead atoms. The number of aliphatic carboxylic acids is 1. The molecule has 4 rings (SSSR count). The van der Waals surface area contributed by atoms with E-state index in [-0.39, 0.29) is 29.1 Å². The summed E-state index contributed by atoms with van der Waals surface area (Å²) in [4.78, 5) is 38.3. The molecule has 3 N–H and O–H groups in total. The SMILES string of the molecule is CC(C)(C)[C@@H]1CCc2c(C(=O)NNC(=O)[C@H]3[C@H]4CC[C@@H](C4)[C@@H]3C(=O)O)csc2C1. The highest BCUT2D eigenvalue weighted by Crippen LogP contribution is 2.52. The first-order valence-corrected chi connectivity index (χ1v) is 11.5. The molecule has 5 atom stereocenters. The number of fused-ring (bicyclic) bond motifs is 3. The van der Waals surface area contributed by atoms with E-state index in [4.69, 9.17) is 0 Å². The summed E-state index contributed by atoms with van der Waals surface area (Å²) in [7, 11) is 0. The summed E-state index contributed by atoms with van der Waals surface area (Å²) in [5, 5.41) is 11.4. The molecule has 1 aromatic rings. The minimum Gasteiger partial charge on any atom is -0.481 e. The number of thiophene rings is 1. The molecule has 7 heteroatoms. The molecule has 0 aliphatic heterocycles. The summed E-state index contributed by atoms with van der Waals surface area (Å²) < 4.78 is 0. The lowest BCUT2D eigenvalue weighted by Crippen LogP contribution is -2.48. The lowest BCUT2D eigenvalue weighted by atomic mass is 9.72. The van der Waals surface area contributed by atoms with E-state index in [1.807, 2.05) is 5.38 Å². The number of carboxylic acids is 1. The zero-order valence-electron chi connectivity index (χ0n) is 17.3. The maximum absolute atomic E-state index is 12.7. The number of carboxylic acid groups (broad SMARTS) is 1. The third-order valence-corrected chi connectivity index (χ3v) is 8.48. The third-order valence-electron chi connectivity index (χ3n) is 7.43. The number of hydrazine groups is 1. The molecule has 2 fully saturated rings. The second-order valence-electron chi connectivity index (χ2n) is 10.0. The van der Waals surface area contributed by atoms with Gasteiger partial charge >= 0.3 is 5.97 Å². The molecule has 1 aromatic heterocycles. The van der Waals surface area contributed by atoms with Gasteiger partial charge in [-0.2, -0.15) is 0 Å². The zero-order valence-corrected chi connectivity index (χ0v) is 18.1. The van der Waals surface area contributed by atoms with E-state index in [1.54, 1.807) is 11.3 Å². The highest BCUT2D eigenvalue weighted by Gasteiger charge is 2.54. The molecule has 2 amide bonds. The van der Waals surface area contributed by atoms with Gasteiger partial charge in [-0.3, -0.25) is 25.2 Å². The van der Waals surface area contributed by atoms with Crippen LogP contribution in [0.4, 0.5) is 0 Å². The molecule has 158 valence electrons. The summed E-state index contributed by atoms with van der Waals surface area (Å²) in [5.41, 5.74) is 7.06. The van der Waals surface area contributed by atoms with Crippen LogP contribution in [0.15, 0.2) is 5.38 Å². The van der Waals surface area contributed by atoms with Gasteiger partial charge in [0, 0.05) is 10.3 Å². The van der Waals surface area contributed by atoms with Gasteiger partial charge in [0.15, 0.2) is 0 Å². The number of hydrogen-bond donors (Lipinski definition) is 3. The van der Waals surface area contributed by atoms with Crippen LogP contribution in [0.25, 0.3) is 0 Å². The number of amides is 2. The second kappa shape index (κ2) is 7.42. The fraction of sp³-hybridized carbons (Fsp3) is 0.682. The Bertz CT molecular complexity index is 840. The van der Waals surface area contributed by atoms with Crippen LogP contribution in [0, 0.1) is 35.0 Å². The fourth-order valence-corrected chi connectivity index (χ4v) is 6.90. The van der Waals surface area contributed by atoms with Crippen LogP contribution in [0.2, 0.25) is 0 Å². The Morgan fingerprint density at radius 1 is 1.07 bits per heavy atom. The van der Waals surface area contributed by atoms with E-state index in [9.17, 15) is 19.5 Å². The topological polar surface area (TPSA) is 95.5 Å². The average molecular weight is 419 g/mol. The quantitative estimate of drug-likeness (QED) is 0.656. The fourth-order valence-electron chi connectivity index (χ4n) is 5.74. The van der Waals surface area contributed by atoms with Crippen molar-refractivity contribution in [2.24, 2.45) is 35.0 Å². The van der Waals surface area contributed by atoms with Crippen LogP contribution in [0.3, 0.4) is 0 Å². The average Bonchev–Trinajstić information content (AvgIpc) is 3.37. The number of carbonyl (C=O) groups is 3. The van der Waals surface area contributed by atoms with E-state index in [2.05, 4.69) is 31.6 Å². The largest absolute Gasteiger partial charge is 0.481 e. The van der Waals surface area contributed by atoms with Crippen molar-refractivity contribution in [2.75, 3.05) is 0 Å². The molecule has 3 aliphatic carbocycles. The molecule has 0 saturated heterocycles. The molecule has 2 saturated carbocycles. The third kappa shape index (κ3) is 3.69. The van der Waals surface area contributed by atoms with Crippen molar-refractivity contribution in [3.05, 3.63) is 21.4 Å². The first-order chi connectivity index (χ1) is 13.7. The predicted molar refractivity (Wildman–Crippen MR) is 110 cm³/mol. The van der Waals surface area contributed by atoms with Crippen molar-refractivity contribution in [3.8, 4) is 0 Å². The maximum atomic E-state index is 12.7. The molecule has 0 radical (unpaired) electrons. The van der Waals surface area contributed by atoms with Crippen LogP contribution in [0.5, 0.6) is 0 Å². The molecule has 6 nitrogen and oxygen atoms in total. The Morgan fingerprint density at radius 3 is 2.41 bits per heavy atom. The van der Waals surface area contributed by atoms with E-state index < -0.39 is 17.8 Å². The first kappa shape index (κ1) is 20.4. The van der Waals surface area contributed by atoms with Crippen LogP contribution >= 0.6 is 11.3 Å². The second-order valence-corrected chi connectivity index (χ2v) is 11.0. The van der Waals surface area contributed by atoms with Gasteiger partial charge in [0.1, 0.15) is 0 Å². The lowest BCUT2D eigenvalue weighted by Gasteiger charge is -2.34. The van der Waals surface area contributed by atoms with Crippen molar-refractivity contribution in [3.63, 3.8) is 0 Å². The molecule has 29 heavy (non-hydrogen) atoms. The summed E-state index contributed by atoms with van der Waals surface area (Å²) in [5.74, 6) is -1.94. The van der Waals surface area contributed by atoms with Crippen LogP contribution in [-0.2, 0) is 22.4 Å². The van der Waals surface area contributed by atoms with Crippen LogP contribution < -0.4 is 10.9 Å². The van der Waals surface area contributed by atoms with E-state index >= 15 is 0 Å². The smallest absolute Gasteiger partial charge is 0.307 e. The Morgan fingerprint density at radius 2 is 1.76 bits per heavy atom. The van der Waals surface area contributed by atoms with Crippen molar-refractivity contribution in [1.29, 1.82) is 0 Å². The van der Waals surface area contributed by atoms with Gasteiger partial charge in [0.2, 0.25) is 5.91 Å². The van der Waals surface area contributed by atoms with Gasteiger partial charge in [-0.1, -0.05) is 20.8 Å². The lowest BCUT2D eigenvalue weighted by molar-refractivity contribution is -0.149. The van der Waals surface area contributed by atoms with Gasteiger partial charge in [0.25, 0.3) is 5.91 Å². The maximum Gasteiger partial charge on any atom is 0.307 e. The van der Waals surface area contributed by atoms with Gasteiger partial charge in [0.05, 0.1) is 17.4 Å². The summed E-state index contributed by atoms with van der Waals surface area (Å²) in [6.07, 6.45) is 5.52. The summed E-state index contributed by atoms with van der Waals surface area (Å²) >= 11 is 1.62. The Kier molecular flexibility index (Phi) is 5.21. The minimum absolute atomic E-state index is 0.0867. The monoisotopic (exact) mass is 418 g/mol. The van der Waals surface area contributed by atoms with Crippen molar-refractivity contribution < 1.29 is 19.5 Å². The molecule has 0 spiro atoms. The van der Waals surface area contributed by atoms with Gasteiger partial charge in [-0.25, -0.2) is 0 Å². The van der Waals surface area contributed by atoms with E-state index in [0.717, 1.165) is 44.1 Å². The predicted octanol–water partition coefficient (Wildman–Crippen LogP) is 3.41. The van der Waals surface area contributed by atoms with Crippen molar-refractivity contribution in [2.45, 2.75) is 59.3 Å². The van der Waals surface area contributed by atoms with Gasteiger partial charge in [-0.05, 0) is 67.3 Å². The highest BCUT2D eigenvalue weighted by molar-refractivity contribution is 7.10. The number of nitrogens with one attached hydrogen (secondary N) is 2. The molecule has 0 unspecified atom stereocenters. The van der Waals surface area contributed by atoms with Crippen LogP contribution in [0.1, 0.15) is 67.3 Å². The van der Waals surface area contributed by atoms with E-state index in [1.165, 1.54) is 4.88 Å². The Hall–Kier alpha value is -1.89. The van der Waals surface area contributed by atoms with Gasteiger partial charge in [-0.15, -0.1) is 11.3 Å². The number of hydrogen-bond acceptors (Lipinski definition) is 4. The highest BCUT2D eigenvalue weighted by atomic mass is 32.1. The molecular formula is C22H30N2O4S. The molecule has 1 heterocycles. The standard InChI is InChI=1S/C22H30N2O4S/c1-22(2,3)13-6-7-14-15(10-29-16(14)9-13)19(25)23-24-20(26)17-11-4-5-12(8-11)18(17)21(27)28/h10-13,17-18H,4-9H2,1-3H3,(H,23,25)(H,24,26)(H,27,28)/t11-,12-,13+,17-,18-/m0/s1. The first-order valence-electron chi connectivity index (χ1n) is 10.6. The van der Waals surface area contributed by atoms with Gasteiger partial charge < -0.3 is 5.11 Å². The molecule has 3 aliphatic rings. The minimum atomic E-state index is -0.899. The van der Waals surface area contributed by atoms with Crippen molar-refractivity contribution >= 4 is 29.1 Å². The summed E-state index contributed by atoms with van der Waals surface area (Å²) in [6.45, 7) is 6.79.